The standard InChI is InChI=1S/C22H21N5O/c28-22(27-13-16-4-3-10-23-12-16)21-8-7-18(15-26-21)24-11-9-17-14-25-20-6-2-1-5-19(17)20/h1-8,10,12,14-15,24-25H,9,11,13H2,(H,27,28). The van der Waals surface area contributed by atoms with Gasteiger partial charge in [-0.25, -0.2) is 4.98 Å². The van der Waals surface area contributed by atoms with Gasteiger partial charge in [0.2, 0.25) is 0 Å². The first-order valence-electron chi connectivity index (χ1n) is 9.21. The molecule has 1 amide bonds. The van der Waals surface area contributed by atoms with E-state index in [0.717, 1.165) is 29.7 Å². The SMILES string of the molecule is O=C(NCc1cccnc1)c1ccc(NCCc2c[nH]c3ccccc23)cn1. The van der Waals surface area contributed by atoms with E-state index in [0.29, 0.717) is 12.2 Å². The lowest BCUT2D eigenvalue weighted by atomic mass is 10.1. The van der Waals surface area contributed by atoms with Crippen molar-refractivity contribution in [2.24, 2.45) is 0 Å². The highest BCUT2D eigenvalue weighted by Gasteiger charge is 2.07. The Labute approximate surface area is 163 Å². The summed E-state index contributed by atoms with van der Waals surface area (Å²) in [7, 11) is 0. The number of nitrogens with zero attached hydrogens (tertiary/aromatic N) is 2. The van der Waals surface area contributed by atoms with E-state index in [1.54, 1.807) is 24.7 Å². The molecule has 4 rings (SSSR count). The third-order valence-corrected chi connectivity index (χ3v) is 4.57. The van der Waals surface area contributed by atoms with Gasteiger partial charge in [0.1, 0.15) is 5.69 Å². The normalized spacial score (nSPS) is 10.7. The van der Waals surface area contributed by atoms with Crippen molar-refractivity contribution >= 4 is 22.5 Å². The first kappa shape index (κ1) is 17.7. The number of aromatic nitrogens is 3. The Morgan fingerprint density at radius 1 is 1.04 bits per heavy atom. The van der Waals surface area contributed by atoms with E-state index in [1.165, 1.54) is 10.9 Å². The van der Waals surface area contributed by atoms with Gasteiger partial charge in [-0.1, -0.05) is 24.3 Å². The van der Waals surface area contributed by atoms with Crippen LogP contribution in [0.2, 0.25) is 0 Å². The molecule has 0 unspecified atom stereocenters. The lowest BCUT2D eigenvalue weighted by Crippen LogP contribution is -2.23. The molecular weight excluding hydrogens is 350 g/mol. The van der Waals surface area contributed by atoms with Gasteiger partial charge in [0.05, 0.1) is 11.9 Å². The summed E-state index contributed by atoms with van der Waals surface area (Å²) in [6, 6.07) is 15.7. The number of fused-ring (bicyclic) bond motifs is 1. The van der Waals surface area contributed by atoms with Crippen molar-refractivity contribution in [3.05, 3.63) is 90.1 Å². The van der Waals surface area contributed by atoms with Gasteiger partial charge in [0.15, 0.2) is 0 Å². The first-order valence-corrected chi connectivity index (χ1v) is 9.21. The molecule has 0 bridgehead atoms. The quantitative estimate of drug-likeness (QED) is 0.464. The van der Waals surface area contributed by atoms with E-state index < -0.39 is 0 Å². The van der Waals surface area contributed by atoms with Crippen LogP contribution in [0.15, 0.2) is 73.3 Å². The van der Waals surface area contributed by atoms with Gasteiger partial charge in [-0.3, -0.25) is 9.78 Å². The summed E-state index contributed by atoms with van der Waals surface area (Å²) in [5.41, 5.74) is 4.67. The predicted molar refractivity (Wildman–Crippen MR) is 110 cm³/mol. The van der Waals surface area contributed by atoms with Crippen LogP contribution >= 0.6 is 0 Å². The number of amides is 1. The van der Waals surface area contributed by atoms with Crippen molar-refractivity contribution in [3.63, 3.8) is 0 Å². The number of hydrogen-bond acceptors (Lipinski definition) is 4. The molecule has 0 spiro atoms. The number of para-hydroxylation sites is 1. The zero-order valence-electron chi connectivity index (χ0n) is 15.4. The summed E-state index contributed by atoms with van der Waals surface area (Å²) in [4.78, 5) is 23.8. The summed E-state index contributed by atoms with van der Waals surface area (Å²) in [5, 5.41) is 7.46. The third kappa shape index (κ3) is 4.17. The molecule has 0 saturated carbocycles. The molecule has 0 saturated heterocycles. The van der Waals surface area contributed by atoms with E-state index in [-0.39, 0.29) is 5.91 Å². The molecule has 0 aliphatic carbocycles. The van der Waals surface area contributed by atoms with Crippen LogP contribution in [-0.2, 0) is 13.0 Å². The van der Waals surface area contributed by atoms with E-state index in [9.17, 15) is 4.79 Å². The highest BCUT2D eigenvalue weighted by Crippen LogP contribution is 2.18. The van der Waals surface area contributed by atoms with Crippen LogP contribution < -0.4 is 10.6 Å². The number of aromatic amines is 1. The largest absolute Gasteiger partial charge is 0.383 e. The fourth-order valence-corrected chi connectivity index (χ4v) is 3.09. The Hall–Kier alpha value is -3.67. The molecule has 6 nitrogen and oxygen atoms in total. The van der Waals surface area contributed by atoms with Gasteiger partial charge in [-0.2, -0.15) is 0 Å². The number of carbonyl (C=O) groups excluding carboxylic acids is 1. The van der Waals surface area contributed by atoms with Crippen LogP contribution in [-0.4, -0.2) is 27.4 Å². The Morgan fingerprint density at radius 2 is 1.96 bits per heavy atom. The predicted octanol–water partition coefficient (Wildman–Crippen LogP) is 3.54. The number of hydrogen-bond donors (Lipinski definition) is 3. The minimum atomic E-state index is -0.200. The molecule has 140 valence electrons. The maximum Gasteiger partial charge on any atom is 0.270 e. The van der Waals surface area contributed by atoms with E-state index >= 15 is 0 Å². The summed E-state index contributed by atoms with van der Waals surface area (Å²) in [5.74, 6) is -0.200. The lowest BCUT2D eigenvalue weighted by Gasteiger charge is -2.07. The van der Waals surface area contributed by atoms with Crippen molar-refractivity contribution in [3.8, 4) is 0 Å². The van der Waals surface area contributed by atoms with Crippen LogP contribution in [0, 0.1) is 0 Å². The minimum absolute atomic E-state index is 0.200. The van der Waals surface area contributed by atoms with Crippen molar-refractivity contribution in [2.75, 3.05) is 11.9 Å². The summed E-state index contributed by atoms with van der Waals surface area (Å²) < 4.78 is 0. The highest BCUT2D eigenvalue weighted by atomic mass is 16.1. The average Bonchev–Trinajstić information content (AvgIpc) is 3.16. The van der Waals surface area contributed by atoms with Gasteiger partial charge < -0.3 is 15.6 Å². The van der Waals surface area contributed by atoms with Gasteiger partial charge in [-0.15, -0.1) is 0 Å². The van der Waals surface area contributed by atoms with Crippen molar-refractivity contribution in [2.45, 2.75) is 13.0 Å². The molecule has 0 atom stereocenters. The zero-order chi connectivity index (χ0) is 19.2. The molecule has 3 heterocycles. The average molecular weight is 371 g/mol. The highest BCUT2D eigenvalue weighted by molar-refractivity contribution is 5.92. The number of carbonyl (C=O) groups is 1. The van der Waals surface area contributed by atoms with Gasteiger partial charge >= 0.3 is 0 Å². The number of pyridine rings is 2. The number of rotatable bonds is 7. The molecule has 4 aromatic rings. The van der Waals surface area contributed by atoms with Crippen molar-refractivity contribution < 1.29 is 4.79 Å². The van der Waals surface area contributed by atoms with Crippen LogP contribution in [0.5, 0.6) is 0 Å². The minimum Gasteiger partial charge on any atom is -0.383 e. The number of benzene rings is 1. The van der Waals surface area contributed by atoms with Gasteiger partial charge in [0, 0.05) is 42.6 Å². The Bertz CT molecular complexity index is 1060. The topological polar surface area (TPSA) is 82.7 Å². The first-order chi connectivity index (χ1) is 13.8. The molecule has 3 N–H and O–H groups in total. The second-order valence-corrected chi connectivity index (χ2v) is 6.51. The van der Waals surface area contributed by atoms with Crippen molar-refractivity contribution in [1.82, 2.24) is 20.3 Å². The second-order valence-electron chi connectivity index (χ2n) is 6.51. The number of H-pyrrole nitrogens is 1. The van der Waals surface area contributed by atoms with Crippen LogP contribution in [0.3, 0.4) is 0 Å². The smallest absolute Gasteiger partial charge is 0.270 e. The summed E-state index contributed by atoms with van der Waals surface area (Å²) >= 11 is 0. The van der Waals surface area contributed by atoms with E-state index in [1.807, 2.05) is 24.3 Å². The molecule has 0 aliphatic rings. The maximum absolute atomic E-state index is 12.2. The molecule has 0 fully saturated rings. The monoisotopic (exact) mass is 371 g/mol. The van der Waals surface area contributed by atoms with Gasteiger partial charge in [-0.05, 0) is 41.8 Å². The Kier molecular flexibility index (Phi) is 5.29. The van der Waals surface area contributed by atoms with E-state index in [2.05, 4.69) is 50.0 Å². The summed E-state index contributed by atoms with van der Waals surface area (Å²) in [6.45, 7) is 1.22. The van der Waals surface area contributed by atoms with Crippen LogP contribution in [0.25, 0.3) is 10.9 Å². The van der Waals surface area contributed by atoms with Crippen LogP contribution in [0.1, 0.15) is 21.6 Å². The molecule has 1 aromatic carbocycles. The van der Waals surface area contributed by atoms with Crippen molar-refractivity contribution in [1.29, 1.82) is 0 Å². The maximum atomic E-state index is 12.2. The zero-order valence-corrected chi connectivity index (χ0v) is 15.4. The Balaban J connectivity index is 1.29. The fraction of sp³-hybridized carbons (Fsp3) is 0.136. The molecule has 3 aromatic heterocycles. The molecule has 0 aliphatic heterocycles. The molecular formula is C22H21N5O. The third-order valence-electron chi connectivity index (χ3n) is 4.57. The number of anilines is 1. The number of nitrogens with one attached hydrogen (secondary N) is 3. The fourth-order valence-electron chi connectivity index (χ4n) is 3.09. The molecule has 6 heteroatoms. The second kappa shape index (κ2) is 8.35. The van der Waals surface area contributed by atoms with Crippen LogP contribution in [0.4, 0.5) is 5.69 Å². The Morgan fingerprint density at radius 3 is 2.79 bits per heavy atom. The summed E-state index contributed by atoms with van der Waals surface area (Å²) in [6.07, 6.45) is 8.08. The van der Waals surface area contributed by atoms with E-state index in [4.69, 9.17) is 0 Å². The van der Waals surface area contributed by atoms with Gasteiger partial charge in [0.25, 0.3) is 5.91 Å². The molecule has 28 heavy (non-hydrogen) atoms. The lowest BCUT2D eigenvalue weighted by molar-refractivity contribution is 0.0946. The molecule has 0 radical (unpaired) electrons.